The molecule has 0 N–H and O–H groups in total. The van der Waals surface area contributed by atoms with Crippen LogP contribution in [0.3, 0.4) is 0 Å². The Hall–Kier alpha value is -3.60. The summed E-state index contributed by atoms with van der Waals surface area (Å²) in [5.74, 6) is 0.132. The first-order valence-electron chi connectivity index (χ1n) is 8.43. The summed E-state index contributed by atoms with van der Waals surface area (Å²) >= 11 is 0. The number of carbonyl (C=O) groups is 2. The third-order valence-electron chi connectivity index (χ3n) is 3.98. The van der Waals surface area contributed by atoms with Gasteiger partial charge in [-0.3, -0.25) is 4.79 Å². The van der Waals surface area contributed by atoms with Crippen LogP contribution < -0.4 is 4.90 Å². The number of ether oxygens (including phenoxy) is 1. The number of hydrogen-bond acceptors (Lipinski definition) is 4. The summed E-state index contributed by atoms with van der Waals surface area (Å²) in [6.45, 7) is 0.335. The largest absolute Gasteiger partial charge is 0.467 e. The standard InChI is InChI=1S/C22H19NO4/c1-26-22(25)18-12-9-17(10-13-18)11-14-21(24)23(16-20-8-5-15-27-20)19-6-3-2-4-7-19/h2-15H,16H2,1H3/b14-11+. The summed E-state index contributed by atoms with van der Waals surface area (Å²) in [5.41, 5.74) is 2.05. The Kier molecular flexibility index (Phi) is 5.84. The zero-order valence-corrected chi connectivity index (χ0v) is 14.9. The summed E-state index contributed by atoms with van der Waals surface area (Å²) in [7, 11) is 1.34. The van der Waals surface area contributed by atoms with Crippen LogP contribution in [0.2, 0.25) is 0 Å². The average Bonchev–Trinajstić information content (AvgIpc) is 3.24. The number of hydrogen-bond donors (Lipinski definition) is 0. The molecule has 0 radical (unpaired) electrons. The molecule has 0 unspecified atom stereocenters. The normalized spacial score (nSPS) is 10.7. The molecular formula is C22H19NO4. The third kappa shape index (κ3) is 4.73. The Bertz CT molecular complexity index is 913. The van der Waals surface area contributed by atoms with E-state index < -0.39 is 5.97 Å². The molecule has 1 aromatic heterocycles. The fraction of sp³-hybridized carbons (Fsp3) is 0.0909. The molecule has 1 heterocycles. The van der Waals surface area contributed by atoms with Gasteiger partial charge in [-0.05, 0) is 48.0 Å². The second-order valence-electron chi connectivity index (χ2n) is 5.79. The quantitative estimate of drug-likeness (QED) is 0.485. The average molecular weight is 361 g/mol. The molecule has 0 aliphatic rings. The Morgan fingerprint density at radius 1 is 1.00 bits per heavy atom. The summed E-state index contributed by atoms with van der Waals surface area (Å²) in [6.07, 6.45) is 4.80. The lowest BCUT2D eigenvalue weighted by Gasteiger charge is -2.20. The molecule has 0 saturated heterocycles. The number of methoxy groups -OCH3 is 1. The summed E-state index contributed by atoms with van der Waals surface area (Å²) in [6, 6.07) is 19.9. The van der Waals surface area contributed by atoms with Gasteiger partial charge in [0.1, 0.15) is 5.76 Å². The molecule has 136 valence electrons. The second-order valence-corrected chi connectivity index (χ2v) is 5.79. The Morgan fingerprint density at radius 3 is 2.37 bits per heavy atom. The van der Waals surface area contributed by atoms with Crippen molar-refractivity contribution in [2.75, 3.05) is 12.0 Å². The monoisotopic (exact) mass is 361 g/mol. The zero-order valence-electron chi connectivity index (χ0n) is 14.9. The number of benzene rings is 2. The van der Waals surface area contributed by atoms with E-state index in [0.29, 0.717) is 17.9 Å². The minimum atomic E-state index is -0.393. The SMILES string of the molecule is COC(=O)c1ccc(/C=C/C(=O)N(Cc2ccco2)c2ccccc2)cc1. The Labute approximate surface area is 157 Å². The van der Waals surface area contributed by atoms with Crippen molar-refractivity contribution in [3.8, 4) is 0 Å². The molecule has 0 aliphatic carbocycles. The van der Waals surface area contributed by atoms with Crippen molar-refractivity contribution in [3.63, 3.8) is 0 Å². The molecular weight excluding hydrogens is 342 g/mol. The number of furan rings is 1. The third-order valence-corrected chi connectivity index (χ3v) is 3.98. The highest BCUT2D eigenvalue weighted by Crippen LogP contribution is 2.18. The number of para-hydroxylation sites is 1. The molecule has 5 nitrogen and oxygen atoms in total. The van der Waals surface area contributed by atoms with Gasteiger partial charge in [-0.1, -0.05) is 30.3 Å². The maximum atomic E-state index is 12.8. The molecule has 5 heteroatoms. The fourth-order valence-corrected chi connectivity index (χ4v) is 2.57. The van der Waals surface area contributed by atoms with Crippen molar-refractivity contribution in [2.45, 2.75) is 6.54 Å². The molecule has 0 saturated carbocycles. The van der Waals surface area contributed by atoms with Crippen LogP contribution in [0.4, 0.5) is 5.69 Å². The van der Waals surface area contributed by atoms with E-state index in [1.165, 1.54) is 13.2 Å². The first kappa shape index (κ1) is 18.2. The van der Waals surface area contributed by atoms with E-state index in [1.807, 2.05) is 36.4 Å². The van der Waals surface area contributed by atoms with Gasteiger partial charge in [0.05, 0.1) is 25.5 Å². The van der Waals surface area contributed by atoms with Crippen molar-refractivity contribution in [2.24, 2.45) is 0 Å². The van der Waals surface area contributed by atoms with Gasteiger partial charge in [0.15, 0.2) is 0 Å². The van der Waals surface area contributed by atoms with Crippen molar-refractivity contribution >= 4 is 23.6 Å². The number of rotatable bonds is 6. The first-order valence-corrected chi connectivity index (χ1v) is 8.43. The van der Waals surface area contributed by atoms with E-state index in [2.05, 4.69) is 4.74 Å². The molecule has 1 amide bonds. The number of esters is 1. The Morgan fingerprint density at radius 2 is 1.74 bits per heavy atom. The van der Waals surface area contributed by atoms with Crippen LogP contribution in [0.1, 0.15) is 21.7 Å². The van der Waals surface area contributed by atoms with E-state index >= 15 is 0 Å². The van der Waals surface area contributed by atoms with Crippen molar-refractivity contribution in [3.05, 3.63) is 96.0 Å². The molecule has 2 aromatic carbocycles. The summed E-state index contributed by atoms with van der Waals surface area (Å²) in [4.78, 5) is 25.9. The fourth-order valence-electron chi connectivity index (χ4n) is 2.57. The summed E-state index contributed by atoms with van der Waals surface area (Å²) in [5, 5.41) is 0. The van der Waals surface area contributed by atoms with Gasteiger partial charge in [0.25, 0.3) is 5.91 Å². The topological polar surface area (TPSA) is 59.8 Å². The number of nitrogens with zero attached hydrogens (tertiary/aromatic N) is 1. The lowest BCUT2D eigenvalue weighted by molar-refractivity contribution is -0.114. The molecule has 0 fully saturated rings. The van der Waals surface area contributed by atoms with Crippen LogP contribution >= 0.6 is 0 Å². The molecule has 3 aromatic rings. The van der Waals surface area contributed by atoms with E-state index in [0.717, 1.165) is 11.3 Å². The highest BCUT2D eigenvalue weighted by atomic mass is 16.5. The van der Waals surface area contributed by atoms with Crippen LogP contribution in [-0.4, -0.2) is 19.0 Å². The lowest BCUT2D eigenvalue weighted by atomic mass is 10.1. The van der Waals surface area contributed by atoms with Gasteiger partial charge in [0.2, 0.25) is 0 Å². The van der Waals surface area contributed by atoms with E-state index in [1.54, 1.807) is 47.6 Å². The van der Waals surface area contributed by atoms with Gasteiger partial charge in [0, 0.05) is 11.8 Å². The second kappa shape index (κ2) is 8.67. The smallest absolute Gasteiger partial charge is 0.337 e. The highest BCUT2D eigenvalue weighted by molar-refractivity contribution is 6.03. The van der Waals surface area contributed by atoms with E-state index in [4.69, 9.17) is 4.42 Å². The van der Waals surface area contributed by atoms with Gasteiger partial charge < -0.3 is 14.1 Å². The minimum absolute atomic E-state index is 0.172. The van der Waals surface area contributed by atoms with Crippen molar-refractivity contribution in [1.82, 2.24) is 0 Å². The van der Waals surface area contributed by atoms with Crippen LogP contribution in [0.15, 0.2) is 83.5 Å². The number of amides is 1. The number of carbonyl (C=O) groups excluding carboxylic acids is 2. The zero-order chi connectivity index (χ0) is 19.1. The van der Waals surface area contributed by atoms with E-state index in [-0.39, 0.29) is 5.91 Å². The maximum absolute atomic E-state index is 12.8. The van der Waals surface area contributed by atoms with E-state index in [9.17, 15) is 9.59 Å². The van der Waals surface area contributed by atoms with Crippen LogP contribution in [0.5, 0.6) is 0 Å². The van der Waals surface area contributed by atoms with Crippen LogP contribution in [-0.2, 0) is 16.1 Å². The molecule has 0 aliphatic heterocycles. The molecule has 0 spiro atoms. The van der Waals surface area contributed by atoms with Gasteiger partial charge in [-0.25, -0.2) is 4.79 Å². The molecule has 0 bridgehead atoms. The van der Waals surface area contributed by atoms with Gasteiger partial charge in [-0.2, -0.15) is 0 Å². The first-order chi connectivity index (χ1) is 13.2. The van der Waals surface area contributed by atoms with Gasteiger partial charge >= 0.3 is 5.97 Å². The van der Waals surface area contributed by atoms with Crippen molar-refractivity contribution < 1.29 is 18.7 Å². The maximum Gasteiger partial charge on any atom is 0.337 e. The highest BCUT2D eigenvalue weighted by Gasteiger charge is 2.15. The molecule has 0 atom stereocenters. The minimum Gasteiger partial charge on any atom is -0.467 e. The molecule has 3 rings (SSSR count). The predicted octanol–water partition coefficient (Wildman–Crippen LogP) is 4.31. The van der Waals surface area contributed by atoms with Crippen molar-refractivity contribution in [1.29, 1.82) is 0 Å². The van der Waals surface area contributed by atoms with Crippen LogP contribution in [0, 0.1) is 0 Å². The van der Waals surface area contributed by atoms with Crippen LogP contribution in [0.25, 0.3) is 6.08 Å². The van der Waals surface area contributed by atoms with Gasteiger partial charge in [-0.15, -0.1) is 0 Å². The lowest BCUT2D eigenvalue weighted by Crippen LogP contribution is -2.28. The predicted molar refractivity (Wildman–Crippen MR) is 103 cm³/mol. The molecule has 27 heavy (non-hydrogen) atoms. The summed E-state index contributed by atoms with van der Waals surface area (Å²) < 4.78 is 10.1. The Balaban J connectivity index is 1.77. The number of anilines is 1.